The standard InChI is InChI=1S/C32H34Cl3N3O3/c1-2-41-32(40)27-19-10-11-20(16-19)28(27)36-31(39)29-24-9-4-3-7-21(14-18-6-5-8-22(33)15-18)30(24)38(37-29)26-13-12-23(34)17-25(26)35/h5-6,8,12-13,15,17,19-21,27-28H,2-4,7,9-11,14,16H2,1H3,(H,36,39)/t19?,20?,21?,27-,28+/m1/s1. The molecule has 1 N–H and O–H groups in total. The Kier molecular flexibility index (Phi) is 8.35. The SMILES string of the molecule is CCOC(=O)[C@@H]1C2CCC(C2)[C@@H]1NC(=O)c1nn(-c2ccc(Cl)cc2Cl)c2c1CCCCC2Cc1cccc(Cl)c1. The quantitative estimate of drug-likeness (QED) is 0.220. The summed E-state index contributed by atoms with van der Waals surface area (Å²) < 4.78 is 7.28. The molecule has 1 amide bonds. The van der Waals surface area contributed by atoms with Crippen molar-refractivity contribution in [2.24, 2.45) is 17.8 Å². The molecule has 5 atom stereocenters. The Morgan fingerprint density at radius 3 is 2.61 bits per heavy atom. The Balaban J connectivity index is 1.40. The summed E-state index contributed by atoms with van der Waals surface area (Å²) >= 11 is 19.3. The summed E-state index contributed by atoms with van der Waals surface area (Å²) in [4.78, 5) is 27.0. The second-order valence-corrected chi connectivity index (χ2v) is 12.9. The zero-order valence-electron chi connectivity index (χ0n) is 23.0. The summed E-state index contributed by atoms with van der Waals surface area (Å²) in [5, 5.41) is 9.91. The van der Waals surface area contributed by atoms with Crippen LogP contribution in [0.25, 0.3) is 5.69 Å². The maximum atomic E-state index is 14.1. The summed E-state index contributed by atoms with van der Waals surface area (Å²) in [6.45, 7) is 2.16. The second kappa shape index (κ2) is 12.0. The largest absolute Gasteiger partial charge is 0.466 e. The number of amides is 1. The van der Waals surface area contributed by atoms with Crippen molar-refractivity contribution in [1.29, 1.82) is 0 Å². The van der Waals surface area contributed by atoms with Crippen LogP contribution < -0.4 is 5.32 Å². The highest BCUT2D eigenvalue weighted by atomic mass is 35.5. The fraction of sp³-hybridized carbons (Fsp3) is 0.469. The van der Waals surface area contributed by atoms with E-state index in [-0.39, 0.29) is 41.6 Å². The van der Waals surface area contributed by atoms with Crippen LogP contribution in [0.3, 0.4) is 0 Å². The monoisotopic (exact) mass is 613 g/mol. The van der Waals surface area contributed by atoms with E-state index in [1.165, 1.54) is 0 Å². The van der Waals surface area contributed by atoms with Crippen molar-refractivity contribution in [2.75, 3.05) is 6.61 Å². The third-order valence-corrected chi connectivity index (χ3v) is 9.91. The van der Waals surface area contributed by atoms with Crippen molar-refractivity contribution in [3.8, 4) is 5.69 Å². The van der Waals surface area contributed by atoms with Gasteiger partial charge in [0.15, 0.2) is 5.69 Å². The lowest BCUT2D eigenvalue weighted by Crippen LogP contribution is -2.47. The van der Waals surface area contributed by atoms with E-state index in [9.17, 15) is 9.59 Å². The molecule has 1 heterocycles. The number of hydrogen-bond acceptors (Lipinski definition) is 4. The van der Waals surface area contributed by atoms with Crippen LogP contribution in [0.5, 0.6) is 0 Å². The van der Waals surface area contributed by atoms with Gasteiger partial charge in [0.2, 0.25) is 0 Å². The van der Waals surface area contributed by atoms with Gasteiger partial charge in [-0.3, -0.25) is 9.59 Å². The van der Waals surface area contributed by atoms with Crippen molar-refractivity contribution in [3.63, 3.8) is 0 Å². The summed E-state index contributed by atoms with van der Waals surface area (Å²) in [6, 6.07) is 13.0. The number of hydrogen-bond donors (Lipinski definition) is 1. The van der Waals surface area contributed by atoms with Gasteiger partial charge in [0.25, 0.3) is 5.91 Å². The number of nitrogens with one attached hydrogen (secondary N) is 1. The molecule has 3 aromatic rings. The maximum Gasteiger partial charge on any atom is 0.311 e. The van der Waals surface area contributed by atoms with Gasteiger partial charge in [-0.25, -0.2) is 4.68 Å². The number of nitrogens with zero attached hydrogens (tertiary/aromatic N) is 2. The van der Waals surface area contributed by atoms with Crippen LogP contribution in [0.4, 0.5) is 0 Å². The highest BCUT2D eigenvalue weighted by Gasteiger charge is 2.52. The second-order valence-electron chi connectivity index (χ2n) is 11.6. The predicted molar refractivity (Wildman–Crippen MR) is 161 cm³/mol. The molecule has 2 bridgehead atoms. The first-order valence-corrected chi connectivity index (χ1v) is 15.8. The van der Waals surface area contributed by atoms with E-state index in [0.29, 0.717) is 33.1 Å². The lowest BCUT2D eigenvalue weighted by molar-refractivity contribution is -0.150. The van der Waals surface area contributed by atoms with Gasteiger partial charge < -0.3 is 10.1 Å². The fourth-order valence-corrected chi connectivity index (χ4v) is 8.12. The molecule has 3 aliphatic carbocycles. The molecule has 2 aromatic carbocycles. The van der Waals surface area contributed by atoms with Gasteiger partial charge in [-0.1, -0.05) is 53.4 Å². The van der Waals surface area contributed by atoms with Crippen molar-refractivity contribution in [1.82, 2.24) is 15.1 Å². The van der Waals surface area contributed by atoms with Crippen LogP contribution in [0.2, 0.25) is 15.1 Å². The number of ether oxygens (including phenoxy) is 1. The van der Waals surface area contributed by atoms with Crippen molar-refractivity contribution in [2.45, 2.75) is 70.3 Å². The van der Waals surface area contributed by atoms with Crippen LogP contribution in [-0.4, -0.2) is 34.3 Å². The number of aromatic nitrogens is 2. The van der Waals surface area contributed by atoms with E-state index in [2.05, 4.69) is 11.4 Å². The van der Waals surface area contributed by atoms with Gasteiger partial charge in [0.1, 0.15) is 0 Å². The Morgan fingerprint density at radius 2 is 1.83 bits per heavy atom. The minimum Gasteiger partial charge on any atom is -0.466 e. The van der Waals surface area contributed by atoms with Crippen LogP contribution in [0.15, 0.2) is 42.5 Å². The molecule has 0 spiro atoms. The molecule has 0 aliphatic heterocycles. The Bertz CT molecular complexity index is 1470. The van der Waals surface area contributed by atoms with E-state index in [0.717, 1.165) is 68.2 Å². The maximum absolute atomic E-state index is 14.1. The van der Waals surface area contributed by atoms with Gasteiger partial charge >= 0.3 is 5.97 Å². The van der Waals surface area contributed by atoms with Crippen LogP contribution in [-0.2, 0) is 22.4 Å². The number of halogens is 3. The van der Waals surface area contributed by atoms with E-state index < -0.39 is 0 Å². The van der Waals surface area contributed by atoms with Crippen molar-refractivity contribution < 1.29 is 14.3 Å². The van der Waals surface area contributed by atoms with Gasteiger partial charge in [-0.15, -0.1) is 0 Å². The van der Waals surface area contributed by atoms with Crippen LogP contribution in [0, 0.1) is 17.8 Å². The average molecular weight is 615 g/mol. The van der Waals surface area contributed by atoms with Crippen molar-refractivity contribution >= 4 is 46.7 Å². The highest BCUT2D eigenvalue weighted by molar-refractivity contribution is 6.35. The van der Waals surface area contributed by atoms with E-state index in [4.69, 9.17) is 44.6 Å². The average Bonchev–Trinajstić information content (AvgIpc) is 3.60. The minimum atomic E-state index is -0.306. The molecule has 41 heavy (non-hydrogen) atoms. The molecular formula is C32H34Cl3N3O3. The molecular weight excluding hydrogens is 581 g/mol. The number of rotatable bonds is 7. The summed E-state index contributed by atoms with van der Waals surface area (Å²) in [5.74, 6) is -0.0975. The zero-order valence-corrected chi connectivity index (χ0v) is 25.3. The van der Waals surface area contributed by atoms with Gasteiger partial charge in [-0.2, -0.15) is 5.10 Å². The molecule has 1 aromatic heterocycles. The molecule has 0 saturated heterocycles. The molecule has 9 heteroatoms. The number of carbonyl (C=O) groups excluding carboxylic acids is 2. The van der Waals surface area contributed by atoms with E-state index >= 15 is 0 Å². The number of fused-ring (bicyclic) bond motifs is 3. The third kappa shape index (κ3) is 5.63. The first kappa shape index (κ1) is 28.6. The predicted octanol–water partition coefficient (Wildman–Crippen LogP) is 7.59. The van der Waals surface area contributed by atoms with Gasteiger partial charge in [0, 0.05) is 27.6 Å². The fourth-order valence-electron chi connectivity index (χ4n) is 7.42. The van der Waals surface area contributed by atoms with Crippen molar-refractivity contribution in [3.05, 3.63) is 80.0 Å². The summed E-state index contributed by atoms with van der Waals surface area (Å²) in [7, 11) is 0. The first-order chi connectivity index (χ1) is 19.8. The molecule has 6 nitrogen and oxygen atoms in total. The van der Waals surface area contributed by atoms with Gasteiger partial charge in [0.05, 0.1) is 28.9 Å². The minimum absolute atomic E-state index is 0.113. The molecule has 0 radical (unpaired) electrons. The lowest BCUT2D eigenvalue weighted by atomic mass is 9.84. The van der Waals surface area contributed by atoms with Gasteiger partial charge in [-0.05, 0) is 99.6 Å². The normalized spacial score (nSPS) is 25.0. The smallest absolute Gasteiger partial charge is 0.311 e. The molecule has 216 valence electrons. The Morgan fingerprint density at radius 1 is 1.02 bits per heavy atom. The summed E-state index contributed by atoms with van der Waals surface area (Å²) in [6.07, 6.45) is 7.42. The number of benzene rings is 2. The molecule has 6 rings (SSSR count). The highest BCUT2D eigenvalue weighted by Crippen LogP contribution is 2.49. The summed E-state index contributed by atoms with van der Waals surface area (Å²) in [5.41, 5.74) is 4.19. The first-order valence-electron chi connectivity index (χ1n) is 14.6. The molecule has 3 aliphatic rings. The Hall–Kier alpha value is -2.54. The number of esters is 1. The third-order valence-electron chi connectivity index (χ3n) is 9.14. The number of carbonyl (C=O) groups is 2. The van der Waals surface area contributed by atoms with E-state index in [1.54, 1.807) is 12.1 Å². The molecule has 2 saturated carbocycles. The van der Waals surface area contributed by atoms with E-state index in [1.807, 2.05) is 35.9 Å². The van der Waals surface area contributed by atoms with Crippen LogP contribution >= 0.6 is 34.8 Å². The Labute approximate surface area is 255 Å². The zero-order chi connectivity index (χ0) is 28.7. The molecule has 2 fully saturated rings. The topological polar surface area (TPSA) is 73.2 Å². The molecule has 3 unspecified atom stereocenters. The lowest BCUT2D eigenvalue weighted by Gasteiger charge is -2.30. The van der Waals surface area contributed by atoms with Crippen LogP contribution in [0.1, 0.15) is 78.7 Å².